The van der Waals surface area contributed by atoms with Crippen LogP contribution in [0.1, 0.15) is 25.8 Å². The molecular weight excluding hydrogens is 204 g/mol. The highest BCUT2D eigenvalue weighted by molar-refractivity contribution is 5.96. The Morgan fingerprint density at radius 1 is 1.44 bits per heavy atom. The molecule has 1 heterocycles. The van der Waals surface area contributed by atoms with Crippen molar-refractivity contribution in [2.24, 2.45) is 0 Å². The molecule has 0 unspecified atom stereocenters. The maximum Gasteiger partial charge on any atom is 0.225 e. The predicted octanol–water partition coefficient (Wildman–Crippen LogP) is 1.87. The zero-order valence-corrected chi connectivity index (χ0v) is 9.33. The van der Waals surface area contributed by atoms with Crippen molar-refractivity contribution >= 4 is 23.7 Å². The van der Waals surface area contributed by atoms with E-state index < -0.39 is 0 Å². The fourth-order valence-electron chi connectivity index (χ4n) is 2.06. The van der Waals surface area contributed by atoms with Gasteiger partial charge in [0.05, 0.1) is 0 Å². The van der Waals surface area contributed by atoms with Crippen molar-refractivity contribution in [2.45, 2.75) is 25.7 Å². The topological polar surface area (TPSA) is 58.2 Å². The molecule has 2 N–H and O–H groups in total. The summed E-state index contributed by atoms with van der Waals surface area (Å²) in [5.41, 5.74) is 2.44. The minimum Gasteiger partial charge on any atom is -0.329 e. The summed E-state index contributed by atoms with van der Waals surface area (Å²) in [6.07, 6.45) is 1.11. The Balaban J connectivity index is 2.48. The number of rotatable bonds is 2. The molecule has 0 spiro atoms. The quantitative estimate of drug-likeness (QED) is 0.744. The minimum atomic E-state index is -0.196. The second kappa shape index (κ2) is 3.63. The van der Waals surface area contributed by atoms with Crippen LogP contribution < -0.4 is 10.6 Å². The van der Waals surface area contributed by atoms with E-state index in [0.29, 0.717) is 12.8 Å². The van der Waals surface area contributed by atoms with Gasteiger partial charge in [-0.25, -0.2) is 0 Å². The smallest absolute Gasteiger partial charge is 0.225 e. The fourth-order valence-corrected chi connectivity index (χ4v) is 2.06. The largest absolute Gasteiger partial charge is 0.329 e. The van der Waals surface area contributed by atoms with E-state index in [9.17, 15) is 9.59 Å². The van der Waals surface area contributed by atoms with Crippen LogP contribution in [0.25, 0.3) is 0 Å². The molecule has 84 valence electrons. The number of fused-ring (bicyclic) bond motifs is 1. The average molecular weight is 218 g/mol. The van der Waals surface area contributed by atoms with Crippen LogP contribution in [0.5, 0.6) is 0 Å². The molecule has 0 saturated carbocycles. The maximum absolute atomic E-state index is 11.5. The van der Waals surface area contributed by atoms with Crippen molar-refractivity contribution in [2.75, 3.05) is 10.6 Å². The van der Waals surface area contributed by atoms with Gasteiger partial charge in [0.15, 0.2) is 0 Å². The normalized spacial score (nSPS) is 17.2. The number of carbonyl (C=O) groups is 2. The summed E-state index contributed by atoms with van der Waals surface area (Å²) in [6, 6.07) is 5.50. The Labute approximate surface area is 94.0 Å². The van der Waals surface area contributed by atoms with E-state index in [4.69, 9.17) is 0 Å². The van der Waals surface area contributed by atoms with E-state index in [-0.39, 0.29) is 11.3 Å². The molecule has 0 fully saturated rings. The highest BCUT2D eigenvalue weighted by atomic mass is 16.1. The molecule has 1 aliphatic rings. The Kier molecular flexibility index (Phi) is 2.42. The van der Waals surface area contributed by atoms with Gasteiger partial charge in [0.1, 0.15) is 0 Å². The van der Waals surface area contributed by atoms with Crippen LogP contribution in [-0.2, 0) is 15.0 Å². The number of nitrogens with one attached hydrogen (secondary N) is 2. The van der Waals surface area contributed by atoms with Gasteiger partial charge in [-0.15, -0.1) is 0 Å². The molecule has 2 rings (SSSR count). The minimum absolute atomic E-state index is 0.0357. The molecule has 0 aromatic heterocycles. The van der Waals surface area contributed by atoms with Gasteiger partial charge in [-0.05, 0) is 23.8 Å². The number of carbonyl (C=O) groups excluding carboxylic acids is 2. The van der Waals surface area contributed by atoms with E-state index in [0.717, 1.165) is 16.9 Å². The summed E-state index contributed by atoms with van der Waals surface area (Å²) < 4.78 is 0. The van der Waals surface area contributed by atoms with Crippen molar-refractivity contribution in [3.05, 3.63) is 23.8 Å². The van der Waals surface area contributed by atoms with Gasteiger partial charge < -0.3 is 10.6 Å². The fraction of sp³-hybridized carbons (Fsp3) is 0.333. The van der Waals surface area contributed by atoms with Gasteiger partial charge in [0.2, 0.25) is 12.3 Å². The van der Waals surface area contributed by atoms with Crippen LogP contribution in [-0.4, -0.2) is 12.3 Å². The number of anilines is 2. The van der Waals surface area contributed by atoms with E-state index in [1.807, 2.05) is 26.0 Å². The third-order valence-corrected chi connectivity index (χ3v) is 2.85. The molecule has 2 amide bonds. The first-order valence-electron chi connectivity index (χ1n) is 5.17. The van der Waals surface area contributed by atoms with Gasteiger partial charge >= 0.3 is 0 Å². The first-order valence-corrected chi connectivity index (χ1v) is 5.17. The first-order chi connectivity index (χ1) is 7.53. The van der Waals surface area contributed by atoms with Crippen LogP contribution in [0.4, 0.5) is 11.4 Å². The molecule has 0 radical (unpaired) electrons. The molecule has 4 nitrogen and oxygen atoms in total. The van der Waals surface area contributed by atoms with Crippen molar-refractivity contribution in [1.82, 2.24) is 0 Å². The Morgan fingerprint density at radius 2 is 2.19 bits per heavy atom. The maximum atomic E-state index is 11.5. The van der Waals surface area contributed by atoms with Crippen LogP contribution in [0.15, 0.2) is 18.2 Å². The highest BCUT2D eigenvalue weighted by Gasteiger charge is 2.31. The van der Waals surface area contributed by atoms with Gasteiger partial charge in [0.25, 0.3) is 0 Å². The van der Waals surface area contributed by atoms with Gasteiger partial charge in [0, 0.05) is 23.2 Å². The molecule has 1 aromatic carbocycles. The van der Waals surface area contributed by atoms with Crippen molar-refractivity contribution in [3.8, 4) is 0 Å². The lowest BCUT2D eigenvalue weighted by Gasteiger charge is -2.32. The Morgan fingerprint density at radius 3 is 2.88 bits per heavy atom. The van der Waals surface area contributed by atoms with Crippen LogP contribution in [0.2, 0.25) is 0 Å². The zero-order chi connectivity index (χ0) is 11.8. The highest BCUT2D eigenvalue weighted by Crippen LogP contribution is 2.38. The summed E-state index contributed by atoms with van der Waals surface area (Å²) in [6.45, 7) is 4.05. The summed E-state index contributed by atoms with van der Waals surface area (Å²) in [5.74, 6) is 0.0357. The lowest BCUT2D eigenvalue weighted by molar-refractivity contribution is -0.117. The predicted molar refractivity (Wildman–Crippen MR) is 62.4 cm³/mol. The van der Waals surface area contributed by atoms with Gasteiger partial charge in [-0.1, -0.05) is 13.8 Å². The number of benzene rings is 1. The third-order valence-electron chi connectivity index (χ3n) is 2.85. The van der Waals surface area contributed by atoms with Crippen LogP contribution in [0, 0.1) is 0 Å². The van der Waals surface area contributed by atoms with E-state index in [1.54, 1.807) is 6.07 Å². The van der Waals surface area contributed by atoms with E-state index >= 15 is 0 Å². The van der Waals surface area contributed by atoms with Crippen molar-refractivity contribution in [1.29, 1.82) is 0 Å². The number of hydrogen-bond acceptors (Lipinski definition) is 2. The molecule has 0 saturated heterocycles. The number of hydrogen-bond donors (Lipinski definition) is 2. The number of amides is 2. The molecule has 1 aromatic rings. The monoisotopic (exact) mass is 218 g/mol. The van der Waals surface area contributed by atoms with Crippen LogP contribution >= 0.6 is 0 Å². The summed E-state index contributed by atoms with van der Waals surface area (Å²) in [5, 5.41) is 5.44. The van der Waals surface area contributed by atoms with Crippen molar-refractivity contribution < 1.29 is 9.59 Å². The second-order valence-corrected chi connectivity index (χ2v) is 4.63. The summed E-state index contributed by atoms with van der Waals surface area (Å²) >= 11 is 0. The van der Waals surface area contributed by atoms with Gasteiger partial charge in [-0.3, -0.25) is 9.59 Å². The zero-order valence-electron chi connectivity index (χ0n) is 9.33. The molecule has 16 heavy (non-hydrogen) atoms. The van der Waals surface area contributed by atoms with Gasteiger partial charge in [-0.2, -0.15) is 0 Å². The molecule has 4 heteroatoms. The molecular formula is C12H14N2O2. The standard InChI is InChI=1S/C12H14N2O2/c1-12(2)6-11(16)14-10-4-3-8(13-7-15)5-9(10)12/h3-5,7H,6H2,1-2H3,(H,13,15)(H,14,16). The van der Waals surface area contributed by atoms with E-state index in [2.05, 4.69) is 10.6 Å². The molecule has 0 atom stereocenters. The SMILES string of the molecule is CC1(C)CC(=O)Nc2ccc(NC=O)cc21. The first kappa shape index (κ1) is 10.7. The second-order valence-electron chi connectivity index (χ2n) is 4.63. The lowest BCUT2D eigenvalue weighted by atomic mass is 9.78. The molecule has 0 bridgehead atoms. The summed E-state index contributed by atoms with van der Waals surface area (Å²) in [7, 11) is 0. The lowest BCUT2D eigenvalue weighted by Crippen LogP contribution is -2.32. The van der Waals surface area contributed by atoms with Crippen molar-refractivity contribution in [3.63, 3.8) is 0 Å². The summed E-state index contributed by atoms with van der Waals surface area (Å²) in [4.78, 5) is 21.8. The Hall–Kier alpha value is -1.84. The third kappa shape index (κ3) is 1.78. The average Bonchev–Trinajstić information content (AvgIpc) is 2.18. The molecule has 0 aliphatic carbocycles. The van der Waals surface area contributed by atoms with Crippen LogP contribution in [0.3, 0.4) is 0 Å². The van der Waals surface area contributed by atoms with E-state index in [1.165, 1.54) is 0 Å². The Bertz CT molecular complexity index is 452. The molecule has 1 aliphatic heterocycles.